The monoisotopic (exact) mass is 252 g/mol. The van der Waals surface area contributed by atoms with Crippen molar-refractivity contribution in [3.8, 4) is 11.8 Å². The molecule has 0 radical (unpaired) electrons. The summed E-state index contributed by atoms with van der Waals surface area (Å²) in [5.74, 6) is 0. The molecule has 0 atom stereocenters. The van der Waals surface area contributed by atoms with Gasteiger partial charge in [0, 0.05) is 24.7 Å². The average Bonchev–Trinajstić information content (AvgIpc) is 2.98. The van der Waals surface area contributed by atoms with E-state index >= 15 is 0 Å². The van der Waals surface area contributed by atoms with E-state index in [2.05, 4.69) is 29.9 Å². The summed E-state index contributed by atoms with van der Waals surface area (Å²) in [6, 6.07) is 10.2. The molecule has 0 saturated carbocycles. The van der Waals surface area contributed by atoms with Crippen LogP contribution >= 0.6 is 0 Å². The van der Waals surface area contributed by atoms with E-state index in [0.717, 1.165) is 18.8 Å². The predicted octanol–water partition coefficient (Wildman–Crippen LogP) is 2.47. The largest absolute Gasteiger partial charge is 0.291 e. The van der Waals surface area contributed by atoms with Crippen molar-refractivity contribution >= 4 is 0 Å². The van der Waals surface area contributed by atoms with Gasteiger partial charge in [0.2, 0.25) is 0 Å². The number of nitriles is 1. The molecule has 1 aliphatic rings. The van der Waals surface area contributed by atoms with Crippen LogP contribution in [0.3, 0.4) is 0 Å². The van der Waals surface area contributed by atoms with Gasteiger partial charge in [-0.3, -0.25) is 4.90 Å². The minimum atomic E-state index is 0.543. The van der Waals surface area contributed by atoms with Crippen molar-refractivity contribution in [1.82, 2.24) is 14.7 Å². The second kappa shape index (κ2) is 4.52. The van der Waals surface area contributed by atoms with E-state index in [1.54, 1.807) is 0 Å². The van der Waals surface area contributed by atoms with Crippen LogP contribution in [0.15, 0.2) is 30.5 Å². The van der Waals surface area contributed by atoms with Gasteiger partial charge in [-0.15, -0.1) is 0 Å². The molecule has 0 saturated heterocycles. The molecule has 1 aromatic heterocycles. The van der Waals surface area contributed by atoms with Crippen LogP contribution in [0, 0.1) is 11.3 Å². The molecule has 0 spiro atoms. The highest BCUT2D eigenvalue weighted by Gasteiger charge is 2.25. The van der Waals surface area contributed by atoms with Gasteiger partial charge in [-0.05, 0) is 38.1 Å². The molecule has 0 N–H and O–H groups in total. The van der Waals surface area contributed by atoms with E-state index in [-0.39, 0.29) is 0 Å². The van der Waals surface area contributed by atoms with Crippen LogP contribution in [0.2, 0.25) is 0 Å². The van der Waals surface area contributed by atoms with E-state index in [9.17, 15) is 0 Å². The normalized spacial score (nSPS) is 14.6. The van der Waals surface area contributed by atoms with Gasteiger partial charge in [0.15, 0.2) is 0 Å². The van der Waals surface area contributed by atoms with Crippen LogP contribution in [0.25, 0.3) is 5.69 Å². The second-order valence-corrected chi connectivity index (χ2v) is 5.19. The van der Waals surface area contributed by atoms with Crippen molar-refractivity contribution in [1.29, 1.82) is 5.26 Å². The highest BCUT2D eigenvalue weighted by Crippen LogP contribution is 2.26. The zero-order chi connectivity index (χ0) is 13.4. The molecular formula is C15H16N4. The summed E-state index contributed by atoms with van der Waals surface area (Å²) in [5, 5.41) is 13.3. The second-order valence-electron chi connectivity index (χ2n) is 5.19. The van der Waals surface area contributed by atoms with Crippen LogP contribution in [-0.4, -0.2) is 20.7 Å². The molecule has 2 heterocycles. The van der Waals surface area contributed by atoms with Crippen molar-refractivity contribution in [2.75, 3.05) is 0 Å². The molecule has 0 unspecified atom stereocenters. The number of rotatable bonds is 2. The minimum Gasteiger partial charge on any atom is -0.291 e. The maximum Gasteiger partial charge on any atom is 0.0991 e. The predicted molar refractivity (Wildman–Crippen MR) is 72.7 cm³/mol. The molecule has 96 valence electrons. The van der Waals surface area contributed by atoms with Crippen LogP contribution in [0.1, 0.15) is 30.7 Å². The van der Waals surface area contributed by atoms with Gasteiger partial charge in [0.1, 0.15) is 0 Å². The fourth-order valence-corrected chi connectivity index (χ4v) is 2.44. The van der Waals surface area contributed by atoms with E-state index in [0.29, 0.717) is 11.6 Å². The zero-order valence-corrected chi connectivity index (χ0v) is 11.2. The van der Waals surface area contributed by atoms with E-state index in [1.165, 1.54) is 11.3 Å². The minimum absolute atomic E-state index is 0.543. The maximum atomic E-state index is 8.83. The first-order chi connectivity index (χ1) is 9.19. The molecule has 3 rings (SSSR count). The molecule has 0 fully saturated rings. The molecule has 4 heteroatoms. The molecule has 1 aliphatic heterocycles. The third-order valence-corrected chi connectivity index (χ3v) is 3.65. The van der Waals surface area contributed by atoms with Crippen LogP contribution in [0.4, 0.5) is 0 Å². The average molecular weight is 252 g/mol. The summed E-state index contributed by atoms with van der Waals surface area (Å²) in [7, 11) is 0. The van der Waals surface area contributed by atoms with Gasteiger partial charge in [0.05, 0.1) is 29.2 Å². The molecule has 0 aliphatic carbocycles. The third kappa shape index (κ3) is 2.02. The lowest BCUT2D eigenvalue weighted by molar-refractivity contribution is 0.223. The first-order valence-electron chi connectivity index (χ1n) is 6.49. The third-order valence-electron chi connectivity index (χ3n) is 3.65. The lowest BCUT2D eigenvalue weighted by Crippen LogP contribution is -2.25. The lowest BCUT2D eigenvalue weighted by Gasteiger charge is -2.19. The summed E-state index contributed by atoms with van der Waals surface area (Å²) in [6.07, 6.45) is 1.95. The van der Waals surface area contributed by atoms with Gasteiger partial charge >= 0.3 is 0 Å². The highest BCUT2D eigenvalue weighted by molar-refractivity contribution is 5.41. The molecule has 19 heavy (non-hydrogen) atoms. The number of benzene rings is 1. The van der Waals surface area contributed by atoms with Crippen molar-refractivity contribution in [3.63, 3.8) is 0 Å². The number of fused-ring (bicyclic) bond motifs is 1. The zero-order valence-electron chi connectivity index (χ0n) is 11.2. The summed E-state index contributed by atoms with van der Waals surface area (Å²) in [6.45, 7) is 6.34. The topological polar surface area (TPSA) is 44.9 Å². The van der Waals surface area contributed by atoms with Gasteiger partial charge < -0.3 is 0 Å². The summed E-state index contributed by atoms with van der Waals surface area (Å²) >= 11 is 0. The first-order valence-corrected chi connectivity index (χ1v) is 6.49. The summed E-state index contributed by atoms with van der Waals surface area (Å²) in [5.41, 5.74) is 4.26. The Morgan fingerprint density at radius 1 is 1.21 bits per heavy atom. The van der Waals surface area contributed by atoms with Crippen molar-refractivity contribution in [2.24, 2.45) is 0 Å². The van der Waals surface area contributed by atoms with Gasteiger partial charge in [0.25, 0.3) is 0 Å². The Hall–Kier alpha value is -2.12. The van der Waals surface area contributed by atoms with Crippen molar-refractivity contribution in [2.45, 2.75) is 33.0 Å². The Morgan fingerprint density at radius 3 is 2.58 bits per heavy atom. The Balaban J connectivity index is 1.94. The van der Waals surface area contributed by atoms with Crippen LogP contribution in [-0.2, 0) is 13.1 Å². The van der Waals surface area contributed by atoms with Crippen molar-refractivity contribution in [3.05, 3.63) is 47.3 Å². The highest BCUT2D eigenvalue weighted by atomic mass is 15.3. The van der Waals surface area contributed by atoms with Gasteiger partial charge in [-0.25, -0.2) is 4.68 Å². The standard InChI is InChI=1S/C15H16N4/c1-11(2)18-9-13-8-17-19(15(13)10-18)14-5-3-12(7-16)4-6-14/h3-6,8,11H,9-10H2,1-2H3. The molecular weight excluding hydrogens is 236 g/mol. The number of hydrogen-bond acceptors (Lipinski definition) is 3. The smallest absolute Gasteiger partial charge is 0.0991 e. The molecule has 4 nitrogen and oxygen atoms in total. The quantitative estimate of drug-likeness (QED) is 0.824. The SMILES string of the molecule is CC(C)N1Cc2cnn(-c3ccc(C#N)cc3)c2C1. The van der Waals surface area contributed by atoms with E-state index in [4.69, 9.17) is 5.26 Å². The Bertz CT molecular complexity index is 631. The van der Waals surface area contributed by atoms with E-state index in [1.807, 2.05) is 35.1 Å². The molecule has 0 bridgehead atoms. The number of nitrogens with zero attached hydrogens (tertiary/aromatic N) is 4. The maximum absolute atomic E-state index is 8.83. The Morgan fingerprint density at radius 2 is 1.95 bits per heavy atom. The van der Waals surface area contributed by atoms with Crippen LogP contribution < -0.4 is 0 Å². The fraction of sp³-hybridized carbons (Fsp3) is 0.333. The summed E-state index contributed by atoms with van der Waals surface area (Å²) in [4.78, 5) is 2.42. The summed E-state index contributed by atoms with van der Waals surface area (Å²) < 4.78 is 1.98. The molecule has 1 aromatic carbocycles. The number of aromatic nitrogens is 2. The van der Waals surface area contributed by atoms with E-state index < -0.39 is 0 Å². The first kappa shape index (κ1) is 11.9. The van der Waals surface area contributed by atoms with Gasteiger partial charge in [-0.1, -0.05) is 0 Å². The lowest BCUT2D eigenvalue weighted by atomic mass is 10.2. The van der Waals surface area contributed by atoms with Crippen molar-refractivity contribution < 1.29 is 0 Å². The Labute approximate surface area is 112 Å². The molecule has 0 amide bonds. The number of hydrogen-bond donors (Lipinski definition) is 0. The Kier molecular flexibility index (Phi) is 2.84. The van der Waals surface area contributed by atoms with Crippen LogP contribution in [0.5, 0.6) is 0 Å². The molecule has 2 aromatic rings. The fourth-order valence-electron chi connectivity index (χ4n) is 2.44. The van der Waals surface area contributed by atoms with Gasteiger partial charge in [-0.2, -0.15) is 10.4 Å².